The van der Waals surface area contributed by atoms with Crippen LogP contribution in [-0.4, -0.2) is 36.7 Å². The Kier molecular flexibility index (Phi) is 5.46. The van der Waals surface area contributed by atoms with Crippen molar-refractivity contribution in [3.8, 4) is 28.7 Å². The van der Waals surface area contributed by atoms with E-state index < -0.39 is 6.23 Å². The van der Waals surface area contributed by atoms with Gasteiger partial charge in [0.2, 0.25) is 6.23 Å². The Labute approximate surface area is 192 Å². The number of phenols is 1. The number of hydrazone groups is 1. The van der Waals surface area contributed by atoms with E-state index in [0.717, 1.165) is 22.4 Å². The topological polar surface area (TPSA) is 72.8 Å². The highest BCUT2D eigenvalue weighted by Gasteiger charge is 2.42. The summed E-state index contributed by atoms with van der Waals surface area (Å²) in [6, 6.07) is 18.8. The molecule has 0 saturated heterocycles. The van der Waals surface area contributed by atoms with Crippen LogP contribution in [0.15, 0.2) is 65.8 Å². The summed E-state index contributed by atoms with van der Waals surface area (Å²) in [5.74, 6) is 2.89. The van der Waals surface area contributed by atoms with Crippen molar-refractivity contribution in [1.82, 2.24) is 5.01 Å². The maximum Gasteiger partial charge on any atom is 0.214 e. The van der Waals surface area contributed by atoms with Crippen LogP contribution in [0.3, 0.4) is 0 Å². The monoisotopic (exact) mass is 446 g/mol. The van der Waals surface area contributed by atoms with Gasteiger partial charge in [0.05, 0.1) is 32.6 Å². The van der Waals surface area contributed by atoms with Gasteiger partial charge in [-0.2, -0.15) is 5.10 Å². The van der Waals surface area contributed by atoms with Gasteiger partial charge in [-0.15, -0.1) is 0 Å². The molecule has 33 heavy (non-hydrogen) atoms. The highest BCUT2D eigenvalue weighted by molar-refractivity contribution is 6.04. The first kappa shape index (κ1) is 21.0. The minimum Gasteiger partial charge on any atom is -0.507 e. The van der Waals surface area contributed by atoms with Crippen molar-refractivity contribution in [3.63, 3.8) is 0 Å². The maximum absolute atomic E-state index is 10.4. The third kappa shape index (κ3) is 3.59. The van der Waals surface area contributed by atoms with Gasteiger partial charge in [-0.3, -0.25) is 0 Å². The third-order valence-electron chi connectivity index (χ3n) is 5.99. The molecule has 0 aliphatic carbocycles. The molecule has 0 fully saturated rings. The molecule has 1 N–H and O–H groups in total. The van der Waals surface area contributed by atoms with Crippen molar-refractivity contribution in [2.75, 3.05) is 20.8 Å². The van der Waals surface area contributed by atoms with Crippen molar-refractivity contribution in [3.05, 3.63) is 77.4 Å². The van der Waals surface area contributed by atoms with Crippen molar-refractivity contribution in [2.45, 2.75) is 25.6 Å². The lowest BCUT2D eigenvalue weighted by Gasteiger charge is -2.38. The fraction of sp³-hybridized carbons (Fsp3) is 0.269. The molecule has 5 rings (SSSR count). The standard InChI is InChI=1S/C26H26N2O5/c1-4-32-22-13-12-16(14-24(22)31-3)26-28-20(18-9-7-11-23(30-2)25(18)33-26)15-19(27-28)17-8-5-6-10-21(17)29/h5-14,20,26,29H,4,15H2,1-3H3/t20-,26+/m1/s1. The van der Waals surface area contributed by atoms with Crippen LogP contribution in [0.2, 0.25) is 0 Å². The molecule has 170 valence electrons. The first-order valence-electron chi connectivity index (χ1n) is 10.9. The summed E-state index contributed by atoms with van der Waals surface area (Å²) in [6.45, 7) is 2.48. The van der Waals surface area contributed by atoms with Crippen molar-refractivity contribution >= 4 is 5.71 Å². The summed E-state index contributed by atoms with van der Waals surface area (Å²) in [5, 5.41) is 17.3. The molecule has 0 amide bonds. The molecule has 0 radical (unpaired) electrons. The molecule has 3 aromatic rings. The summed E-state index contributed by atoms with van der Waals surface area (Å²) in [5.41, 5.74) is 3.40. The van der Waals surface area contributed by atoms with E-state index in [0.29, 0.717) is 36.0 Å². The average Bonchev–Trinajstić information content (AvgIpc) is 3.29. The van der Waals surface area contributed by atoms with Crippen LogP contribution in [0, 0.1) is 0 Å². The number of fused-ring (bicyclic) bond motifs is 3. The molecule has 3 aromatic carbocycles. The van der Waals surface area contributed by atoms with Gasteiger partial charge in [0.15, 0.2) is 23.0 Å². The van der Waals surface area contributed by atoms with Crippen LogP contribution in [-0.2, 0) is 0 Å². The zero-order valence-corrected chi connectivity index (χ0v) is 18.8. The largest absolute Gasteiger partial charge is 0.507 e. The van der Waals surface area contributed by atoms with E-state index >= 15 is 0 Å². The second kappa shape index (κ2) is 8.58. The predicted molar refractivity (Wildman–Crippen MR) is 124 cm³/mol. The van der Waals surface area contributed by atoms with Crippen LogP contribution in [0.4, 0.5) is 0 Å². The third-order valence-corrected chi connectivity index (χ3v) is 5.99. The Balaban J connectivity index is 1.62. The quantitative estimate of drug-likeness (QED) is 0.571. The van der Waals surface area contributed by atoms with Gasteiger partial charge in [0, 0.05) is 23.1 Å². The van der Waals surface area contributed by atoms with Gasteiger partial charge < -0.3 is 24.1 Å². The number of aromatic hydroxyl groups is 1. The van der Waals surface area contributed by atoms with Crippen LogP contribution in [0.1, 0.15) is 42.3 Å². The van der Waals surface area contributed by atoms with E-state index in [-0.39, 0.29) is 11.8 Å². The Bertz CT molecular complexity index is 1210. The first-order valence-corrected chi connectivity index (χ1v) is 10.9. The van der Waals surface area contributed by atoms with Gasteiger partial charge in [0.1, 0.15) is 5.75 Å². The molecule has 7 heteroatoms. The fourth-order valence-electron chi connectivity index (χ4n) is 4.46. The molecule has 0 saturated carbocycles. The molecule has 2 atom stereocenters. The molecule has 0 aromatic heterocycles. The second-order valence-electron chi connectivity index (χ2n) is 7.86. The zero-order valence-electron chi connectivity index (χ0n) is 18.8. The van der Waals surface area contributed by atoms with Gasteiger partial charge in [-0.25, -0.2) is 5.01 Å². The van der Waals surface area contributed by atoms with Crippen LogP contribution in [0.5, 0.6) is 28.7 Å². The van der Waals surface area contributed by atoms with E-state index in [9.17, 15) is 5.11 Å². The van der Waals surface area contributed by atoms with Crippen LogP contribution < -0.4 is 18.9 Å². The number of nitrogens with zero attached hydrogens (tertiary/aromatic N) is 2. The number of hydrogen-bond donors (Lipinski definition) is 1. The van der Waals surface area contributed by atoms with Gasteiger partial charge in [-0.1, -0.05) is 24.3 Å². The number of benzene rings is 3. The van der Waals surface area contributed by atoms with Crippen molar-refractivity contribution in [2.24, 2.45) is 5.10 Å². The minimum absolute atomic E-state index is 0.0685. The van der Waals surface area contributed by atoms with Crippen molar-refractivity contribution < 1.29 is 24.1 Å². The second-order valence-corrected chi connectivity index (χ2v) is 7.86. The summed E-state index contributed by atoms with van der Waals surface area (Å²) in [7, 11) is 3.26. The smallest absolute Gasteiger partial charge is 0.214 e. The summed E-state index contributed by atoms with van der Waals surface area (Å²) in [4.78, 5) is 0. The molecule has 0 unspecified atom stereocenters. The molecular weight excluding hydrogens is 420 g/mol. The van der Waals surface area contributed by atoms with E-state index in [4.69, 9.17) is 24.0 Å². The number of phenolic OH excluding ortho intramolecular Hbond substituents is 1. The Morgan fingerprint density at radius 1 is 1.00 bits per heavy atom. The minimum atomic E-state index is -0.508. The normalized spacial score (nSPS) is 18.6. The molecule has 2 aliphatic heterocycles. The van der Waals surface area contributed by atoms with Gasteiger partial charge in [0.25, 0.3) is 0 Å². The lowest BCUT2D eigenvalue weighted by atomic mass is 9.95. The molecule has 7 nitrogen and oxygen atoms in total. The first-order chi connectivity index (χ1) is 16.1. The summed E-state index contributed by atoms with van der Waals surface area (Å²) in [6.07, 6.45) is 0.123. The van der Waals surface area contributed by atoms with E-state index in [1.54, 1.807) is 26.4 Å². The highest BCUT2D eigenvalue weighted by atomic mass is 16.5. The Morgan fingerprint density at radius 3 is 2.58 bits per heavy atom. The lowest BCUT2D eigenvalue weighted by Crippen LogP contribution is -2.33. The zero-order chi connectivity index (χ0) is 22.9. The van der Waals surface area contributed by atoms with Crippen LogP contribution >= 0.6 is 0 Å². The van der Waals surface area contributed by atoms with E-state index in [2.05, 4.69) is 0 Å². The highest BCUT2D eigenvalue weighted by Crippen LogP contribution is 2.51. The Morgan fingerprint density at radius 2 is 1.82 bits per heavy atom. The van der Waals surface area contributed by atoms with Crippen molar-refractivity contribution in [1.29, 1.82) is 0 Å². The summed E-state index contributed by atoms with van der Waals surface area (Å²) >= 11 is 0. The molecule has 2 aliphatic rings. The fourth-order valence-corrected chi connectivity index (χ4v) is 4.46. The van der Waals surface area contributed by atoms with E-state index in [1.807, 2.05) is 60.5 Å². The van der Waals surface area contributed by atoms with Gasteiger partial charge >= 0.3 is 0 Å². The molecule has 0 bridgehead atoms. The molecule has 0 spiro atoms. The maximum atomic E-state index is 10.4. The Hall–Kier alpha value is -3.87. The predicted octanol–water partition coefficient (Wildman–Crippen LogP) is 5.05. The number of hydrogen-bond acceptors (Lipinski definition) is 7. The summed E-state index contributed by atoms with van der Waals surface area (Å²) < 4.78 is 23.4. The van der Waals surface area contributed by atoms with Gasteiger partial charge in [-0.05, 0) is 43.3 Å². The number of methoxy groups -OCH3 is 2. The van der Waals surface area contributed by atoms with Crippen LogP contribution in [0.25, 0.3) is 0 Å². The van der Waals surface area contributed by atoms with E-state index in [1.165, 1.54) is 0 Å². The lowest BCUT2D eigenvalue weighted by molar-refractivity contribution is -0.0210. The average molecular weight is 447 g/mol. The molecular formula is C26H26N2O5. The molecule has 2 heterocycles. The number of para-hydroxylation sites is 2. The number of ether oxygens (including phenoxy) is 4. The number of rotatable bonds is 6. The SMILES string of the molecule is CCOc1ccc([C@@H]2Oc3c(OC)cccc3[C@H]3CC(c4ccccc4O)=NN32)cc1OC.